The molecule has 2 heteroatoms. The average molecular weight is 411 g/mol. The zero-order valence-corrected chi connectivity index (χ0v) is 21.3. The molecule has 0 aromatic heterocycles. The zero-order chi connectivity index (χ0) is 21.6. The van der Waals surface area contributed by atoms with Gasteiger partial charge in [-0.05, 0) is 45.9 Å². The lowest BCUT2D eigenvalue weighted by Gasteiger charge is -2.20. The summed E-state index contributed by atoms with van der Waals surface area (Å²) in [6.07, 6.45) is 24.8. The average Bonchev–Trinajstić information content (AvgIpc) is 3.13. The van der Waals surface area contributed by atoms with Crippen molar-refractivity contribution in [3.05, 3.63) is 0 Å². The summed E-state index contributed by atoms with van der Waals surface area (Å²) < 4.78 is 0. The van der Waals surface area contributed by atoms with E-state index in [1.807, 2.05) is 13.8 Å². The molecule has 0 aromatic rings. The number of hydrogen-bond donors (Lipinski definition) is 0. The summed E-state index contributed by atoms with van der Waals surface area (Å²) in [4.78, 5) is 5.06. The first-order valence-electron chi connectivity index (χ1n) is 13.6. The van der Waals surface area contributed by atoms with Crippen LogP contribution in [-0.4, -0.2) is 50.1 Å². The van der Waals surface area contributed by atoms with Crippen LogP contribution in [0.1, 0.15) is 130 Å². The highest BCUT2D eigenvalue weighted by molar-refractivity contribution is 4.75. The van der Waals surface area contributed by atoms with Crippen LogP contribution < -0.4 is 0 Å². The van der Waals surface area contributed by atoms with Gasteiger partial charge in [0.05, 0.1) is 0 Å². The summed E-state index contributed by atoms with van der Waals surface area (Å²) in [6.45, 7) is 11.5. The van der Waals surface area contributed by atoms with Crippen molar-refractivity contribution < 1.29 is 0 Å². The van der Waals surface area contributed by atoms with E-state index in [1.165, 1.54) is 135 Å². The Bertz CT molecular complexity index is 305. The molecule has 0 amide bonds. The molecule has 1 atom stereocenters. The maximum absolute atomic E-state index is 2.58. The third kappa shape index (κ3) is 19.6. The fraction of sp³-hybridized carbons (Fsp3) is 1.00. The Labute approximate surface area is 186 Å². The summed E-state index contributed by atoms with van der Waals surface area (Å²) >= 11 is 0. The number of rotatable bonds is 19. The van der Waals surface area contributed by atoms with Crippen LogP contribution in [-0.2, 0) is 0 Å². The minimum Gasteiger partial charge on any atom is -0.306 e. The smallest absolute Gasteiger partial charge is 0.00193 e. The molecule has 176 valence electrons. The van der Waals surface area contributed by atoms with Gasteiger partial charge in [0.1, 0.15) is 0 Å². The second-order valence-corrected chi connectivity index (χ2v) is 9.48. The Kier molecular flexibility index (Phi) is 22.5. The second-order valence-electron chi connectivity index (χ2n) is 9.48. The van der Waals surface area contributed by atoms with Gasteiger partial charge in [-0.1, -0.05) is 117 Å². The quantitative estimate of drug-likeness (QED) is 0.198. The summed E-state index contributed by atoms with van der Waals surface area (Å²) in [7, 11) is 4.58. The van der Waals surface area contributed by atoms with Crippen LogP contribution in [0.25, 0.3) is 0 Å². The van der Waals surface area contributed by atoms with Crippen LogP contribution >= 0.6 is 0 Å². The molecule has 0 aliphatic carbocycles. The lowest BCUT2D eigenvalue weighted by molar-refractivity contribution is 0.268. The highest BCUT2D eigenvalue weighted by Gasteiger charge is 2.20. The van der Waals surface area contributed by atoms with Crippen LogP contribution in [0.4, 0.5) is 0 Å². The summed E-state index contributed by atoms with van der Waals surface area (Å²) in [5.74, 6) is 0.918. The van der Waals surface area contributed by atoms with Crippen LogP contribution in [0.5, 0.6) is 0 Å². The Morgan fingerprint density at radius 2 is 1.10 bits per heavy atom. The molecule has 1 rings (SSSR count). The highest BCUT2D eigenvalue weighted by Crippen LogP contribution is 2.16. The molecule has 0 aromatic carbocycles. The van der Waals surface area contributed by atoms with Crippen LogP contribution in [0, 0.1) is 5.92 Å². The fourth-order valence-corrected chi connectivity index (χ4v) is 4.64. The van der Waals surface area contributed by atoms with Crippen molar-refractivity contribution in [2.45, 2.75) is 130 Å². The normalized spacial score (nSPS) is 17.0. The molecular weight excluding hydrogens is 352 g/mol. The van der Waals surface area contributed by atoms with Crippen molar-refractivity contribution in [1.29, 1.82) is 0 Å². The molecule has 0 bridgehead atoms. The number of hydrogen-bond acceptors (Lipinski definition) is 2. The van der Waals surface area contributed by atoms with Gasteiger partial charge >= 0.3 is 0 Å². The van der Waals surface area contributed by atoms with E-state index in [0.717, 1.165) is 5.92 Å². The molecule has 0 saturated carbocycles. The van der Waals surface area contributed by atoms with E-state index < -0.39 is 0 Å². The molecule has 29 heavy (non-hydrogen) atoms. The predicted octanol–water partition coefficient (Wildman–Crippen LogP) is 8.16. The zero-order valence-electron chi connectivity index (χ0n) is 21.3. The summed E-state index contributed by atoms with van der Waals surface area (Å²) in [6, 6.07) is 0. The third-order valence-electron chi connectivity index (χ3n) is 6.45. The van der Waals surface area contributed by atoms with E-state index in [4.69, 9.17) is 0 Å². The van der Waals surface area contributed by atoms with Gasteiger partial charge in [0.25, 0.3) is 0 Å². The first-order valence-corrected chi connectivity index (χ1v) is 13.6. The Morgan fingerprint density at radius 3 is 1.48 bits per heavy atom. The van der Waals surface area contributed by atoms with Gasteiger partial charge < -0.3 is 9.80 Å². The Morgan fingerprint density at radius 1 is 0.690 bits per heavy atom. The van der Waals surface area contributed by atoms with E-state index in [-0.39, 0.29) is 0 Å². The molecule has 0 spiro atoms. The maximum atomic E-state index is 2.58. The molecule has 0 radical (unpaired) electrons. The second kappa shape index (κ2) is 22.6. The number of likely N-dealkylation sites (tertiary alicyclic amines) is 1. The molecule has 1 unspecified atom stereocenters. The van der Waals surface area contributed by atoms with Gasteiger partial charge in [-0.25, -0.2) is 0 Å². The molecule has 1 aliphatic rings. The standard InChI is InChI=1S/C25H52N2.C2H6/c1-4-5-6-7-8-9-10-11-12-13-14-15-16-17-18-19-21-26(2)23-25-20-22-27(3)24-25;1-2/h25H,4-24H2,1-3H3;1-2H3. The molecule has 2 nitrogen and oxygen atoms in total. The van der Waals surface area contributed by atoms with Crippen molar-refractivity contribution in [1.82, 2.24) is 9.80 Å². The lowest BCUT2D eigenvalue weighted by Crippen LogP contribution is -2.28. The summed E-state index contributed by atoms with van der Waals surface area (Å²) in [5.41, 5.74) is 0. The fourth-order valence-electron chi connectivity index (χ4n) is 4.64. The first kappa shape index (κ1) is 28.9. The van der Waals surface area contributed by atoms with Gasteiger partial charge in [0.15, 0.2) is 0 Å². The van der Waals surface area contributed by atoms with Crippen molar-refractivity contribution in [3.8, 4) is 0 Å². The minimum atomic E-state index is 0.918. The molecule has 1 saturated heterocycles. The van der Waals surface area contributed by atoms with Gasteiger partial charge in [-0.2, -0.15) is 0 Å². The topological polar surface area (TPSA) is 6.48 Å². The third-order valence-corrected chi connectivity index (χ3v) is 6.45. The SMILES string of the molecule is CC.CCCCCCCCCCCCCCCCCCN(C)CC1CCN(C)C1. The minimum absolute atomic E-state index is 0.918. The number of nitrogens with zero attached hydrogens (tertiary/aromatic N) is 2. The molecule has 0 N–H and O–H groups in total. The van der Waals surface area contributed by atoms with Crippen molar-refractivity contribution in [3.63, 3.8) is 0 Å². The van der Waals surface area contributed by atoms with E-state index in [9.17, 15) is 0 Å². The predicted molar refractivity (Wildman–Crippen MR) is 134 cm³/mol. The Balaban J connectivity index is 0.00000379. The van der Waals surface area contributed by atoms with Crippen molar-refractivity contribution in [2.75, 3.05) is 40.3 Å². The largest absolute Gasteiger partial charge is 0.306 e. The van der Waals surface area contributed by atoms with E-state index in [2.05, 4.69) is 30.8 Å². The van der Waals surface area contributed by atoms with Crippen LogP contribution in [0.2, 0.25) is 0 Å². The first-order chi connectivity index (χ1) is 14.2. The van der Waals surface area contributed by atoms with E-state index in [1.54, 1.807) is 0 Å². The lowest BCUT2D eigenvalue weighted by atomic mass is 10.0. The number of unbranched alkanes of at least 4 members (excludes halogenated alkanes) is 15. The highest BCUT2D eigenvalue weighted by atomic mass is 15.1. The Hall–Kier alpha value is -0.0800. The van der Waals surface area contributed by atoms with Gasteiger partial charge in [-0.15, -0.1) is 0 Å². The maximum Gasteiger partial charge on any atom is 0.00193 e. The molecule has 1 heterocycles. The van der Waals surface area contributed by atoms with Gasteiger partial charge in [-0.3, -0.25) is 0 Å². The monoisotopic (exact) mass is 410 g/mol. The van der Waals surface area contributed by atoms with E-state index >= 15 is 0 Å². The van der Waals surface area contributed by atoms with Gasteiger partial charge in [0.2, 0.25) is 0 Å². The summed E-state index contributed by atoms with van der Waals surface area (Å²) in [5, 5.41) is 0. The molecule has 1 aliphatic heterocycles. The molecule has 1 fully saturated rings. The molecular formula is C27H58N2. The van der Waals surface area contributed by atoms with E-state index in [0.29, 0.717) is 0 Å². The van der Waals surface area contributed by atoms with Crippen LogP contribution in [0.15, 0.2) is 0 Å². The van der Waals surface area contributed by atoms with Gasteiger partial charge in [0, 0.05) is 13.1 Å². The van der Waals surface area contributed by atoms with Crippen LogP contribution in [0.3, 0.4) is 0 Å². The van der Waals surface area contributed by atoms with Crippen molar-refractivity contribution in [2.24, 2.45) is 5.92 Å². The van der Waals surface area contributed by atoms with Crippen molar-refractivity contribution >= 4 is 0 Å².